The van der Waals surface area contributed by atoms with Gasteiger partial charge in [-0.2, -0.15) is 0 Å². The van der Waals surface area contributed by atoms with Gasteiger partial charge in [-0.15, -0.1) is 0 Å². The van der Waals surface area contributed by atoms with E-state index in [1.165, 1.54) is 18.2 Å². The Morgan fingerprint density at radius 2 is 2.20 bits per heavy atom. The van der Waals surface area contributed by atoms with E-state index >= 15 is 0 Å². The Labute approximate surface area is 116 Å². The van der Waals surface area contributed by atoms with Gasteiger partial charge in [0.1, 0.15) is 5.82 Å². The molecule has 0 aliphatic carbocycles. The highest BCUT2D eigenvalue weighted by Gasteiger charge is 2.10. The molecule has 1 unspecified atom stereocenters. The number of benzene rings is 1. The SMILES string of the molecule is CC(NCc1cc(C(N)=O)ccc1F)c1ccccn1. The lowest BCUT2D eigenvalue weighted by molar-refractivity contribution is 0.1000. The van der Waals surface area contributed by atoms with Crippen molar-refractivity contribution < 1.29 is 9.18 Å². The monoisotopic (exact) mass is 273 g/mol. The van der Waals surface area contributed by atoms with Crippen molar-refractivity contribution in [2.75, 3.05) is 0 Å². The summed E-state index contributed by atoms with van der Waals surface area (Å²) in [7, 11) is 0. The van der Waals surface area contributed by atoms with Crippen LogP contribution in [0.4, 0.5) is 4.39 Å². The van der Waals surface area contributed by atoms with E-state index in [1.54, 1.807) is 6.20 Å². The molecule has 1 heterocycles. The number of nitrogens with one attached hydrogen (secondary N) is 1. The fraction of sp³-hybridized carbons (Fsp3) is 0.200. The van der Waals surface area contributed by atoms with Crippen molar-refractivity contribution >= 4 is 5.91 Å². The van der Waals surface area contributed by atoms with Crippen molar-refractivity contribution in [1.29, 1.82) is 0 Å². The molecule has 0 saturated carbocycles. The minimum absolute atomic E-state index is 0.0205. The smallest absolute Gasteiger partial charge is 0.248 e. The number of pyridine rings is 1. The summed E-state index contributed by atoms with van der Waals surface area (Å²) in [5.74, 6) is -0.931. The van der Waals surface area contributed by atoms with Crippen LogP contribution in [0.1, 0.15) is 34.6 Å². The van der Waals surface area contributed by atoms with Gasteiger partial charge in [0.25, 0.3) is 0 Å². The molecule has 0 aliphatic heterocycles. The first-order chi connectivity index (χ1) is 9.58. The molecule has 1 aromatic carbocycles. The number of rotatable bonds is 5. The number of nitrogens with two attached hydrogens (primary N) is 1. The standard InChI is InChI=1S/C15H16FN3O/c1-10(14-4-2-3-7-18-14)19-9-12-8-11(15(17)20)5-6-13(12)16/h2-8,10,19H,9H2,1H3,(H2,17,20). The maximum atomic E-state index is 13.7. The zero-order chi connectivity index (χ0) is 14.5. The summed E-state index contributed by atoms with van der Waals surface area (Å²) in [4.78, 5) is 15.3. The highest BCUT2D eigenvalue weighted by molar-refractivity contribution is 5.92. The van der Waals surface area contributed by atoms with Crippen LogP contribution in [0.15, 0.2) is 42.6 Å². The van der Waals surface area contributed by atoms with Crippen LogP contribution in [0.3, 0.4) is 0 Å². The van der Waals surface area contributed by atoms with Crippen LogP contribution in [-0.2, 0) is 6.54 Å². The summed E-state index contributed by atoms with van der Waals surface area (Å²) in [6.07, 6.45) is 1.71. The van der Waals surface area contributed by atoms with Gasteiger partial charge in [0, 0.05) is 29.9 Å². The van der Waals surface area contributed by atoms with Gasteiger partial charge < -0.3 is 11.1 Å². The van der Waals surface area contributed by atoms with Crippen LogP contribution in [0, 0.1) is 5.82 Å². The van der Waals surface area contributed by atoms with Gasteiger partial charge >= 0.3 is 0 Å². The minimum Gasteiger partial charge on any atom is -0.366 e. The molecular weight excluding hydrogens is 257 g/mol. The number of amides is 1. The van der Waals surface area contributed by atoms with Gasteiger partial charge in [-0.3, -0.25) is 9.78 Å². The fourth-order valence-electron chi connectivity index (χ4n) is 1.86. The highest BCUT2D eigenvalue weighted by atomic mass is 19.1. The van der Waals surface area contributed by atoms with Gasteiger partial charge in [-0.25, -0.2) is 4.39 Å². The number of carbonyl (C=O) groups is 1. The molecule has 2 aromatic rings. The zero-order valence-corrected chi connectivity index (χ0v) is 11.1. The summed E-state index contributed by atoms with van der Waals surface area (Å²) < 4.78 is 13.7. The van der Waals surface area contributed by atoms with Crippen LogP contribution >= 0.6 is 0 Å². The number of primary amides is 1. The Kier molecular flexibility index (Phi) is 4.42. The second kappa shape index (κ2) is 6.25. The van der Waals surface area contributed by atoms with Crippen LogP contribution < -0.4 is 11.1 Å². The van der Waals surface area contributed by atoms with Gasteiger partial charge in [0.2, 0.25) is 5.91 Å². The molecule has 0 fully saturated rings. The second-order valence-corrected chi connectivity index (χ2v) is 4.53. The molecule has 104 valence electrons. The fourth-order valence-corrected chi connectivity index (χ4v) is 1.86. The molecule has 0 saturated heterocycles. The highest BCUT2D eigenvalue weighted by Crippen LogP contribution is 2.13. The average molecular weight is 273 g/mol. The number of halogens is 1. The third-order valence-corrected chi connectivity index (χ3v) is 3.06. The van der Waals surface area contributed by atoms with Crippen LogP contribution in [0.25, 0.3) is 0 Å². The topological polar surface area (TPSA) is 68.0 Å². The van der Waals surface area contributed by atoms with Gasteiger partial charge in [0.15, 0.2) is 0 Å². The molecule has 2 rings (SSSR count). The molecule has 0 bridgehead atoms. The Morgan fingerprint density at radius 3 is 2.85 bits per heavy atom. The van der Waals surface area contributed by atoms with E-state index < -0.39 is 5.91 Å². The van der Waals surface area contributed by atoms with E-state index in [0.29, 0.717) is 17.7 Å². The van der Waals surface area contributed by atoms with Crippen molar-refractivity contribution in [1.82, 2.24) is 10.3 Å². The Hall–Kier alpha value is -2.27. The summed E-state index contributed by atoms with van der Waals surface area (Å²) in [6, 6.07) is 9.71. The Bertz CT molecular complexity index is 601. The summed E-state index contributed by atoms with van der Waals surface area (Å²) >= 11 is 0. The maximum absolute atomic E-state index is 13.7. The normalized spacial score (nSPS) is 12.1. The van der Waals surface area contributed by atoms with E-state index in [4.69, 9.17) is 5.73 Å². The van der Waals surface area contributed by atoms with E-state index in [-0.39, 0.29) is 11.9 Å². The molecule has 5 heteroatoms. The number of hydrogen-bond donors (Lipinski definition) is 2. The van der Waals surface area contributed by atoms with E-state index in [1.807, 2.05) is 25.1 Å². The van der Waals surface area contributed by atoms with Gasteiger partial charge in [0.05, 0.1) is 5.69 Å². The Morgan fingerprint density at radius 1 is 1.40 bits per heavy atom. The van der Waals surface area contributed by atoms with E-state index in [9.17, 15) is 9.18 Å². The van der Waals surface area contributed by atoms with Gasteiger partial charge in [-0.05, 0) is 37.3 Å². The summed E-state index contributed by atoms with van der Waals surface area (Å²) in [5, 5.41) is 3.17. The van der Waals surface area contributed by atoms with Crippen molar-refractivity contribution in [2.45, 2.75) is 19.5 Å². The zero-order valence-electron chi connectivity index (χ0n) is 11.1. The number of nitrogens with zero attached hydrogens (tertiary/aromatic N) is 1. The molecule has 1 aromatic heterocycles. The van der Waals surface area contributed by atoms with Gasteiger partial charge in [-0.1, -0.05) is 6.07 Å². The number of hydrogen-bond acceptors (Lipinski definition) is 3. The number of aromatic nitrogens is 1. The lowest BCUT2D eigenvalue weighted by Gasteiger charge is -2.14. The number of carbonyl (C=O) groups excluding carboxylic acids is 1. The van der Waals surface area contributed by atoms with E-state index in [2.05, 4.69) is 10.3 Å². The van der Waals surface area contributed by atoms with Crippen LogP contribution in [0.5, 0.6) is 0 Å². The molecule has 1 atom stereocenters. The van der Waals surface area contributed by atoms with E-state index in [0.717, 1.165) is 5.69 Å². The first kappa shape index (κ1) is 14.1. The Balaban J connectivity index is 2.07. The lowest BCUT2D eigenvalue weighted by atomic mass is 10.1. The molecule has 3 N–H and O–H groups in total. The molecular formula is C15H16FN3O. The average Bonchev–Trinajstić information content (AvgIpc) is 2.46. The third kappa shape index (κ3) is 3.39. The first-order valence-corrected chi connectivity index (χ1v) is 6.30. The van der Waals surface area contributed by atoms with Crippen molar-refractivity contribution in [3.05, 3.63) is 65.2 Å². The van der Waals surface area contributed by atoms with Crippen molar-refractivity contribution in [2.24, 2.45) is 5.73 Å². The predicted molar refractivity (Wildman–Crippen MR) is 74.4 cm³/mol. The summed E-state index contributed by atoms with van der Waals surface area (Å²) in [5.41, 5.74) is 6.77. The minimum atomic E-state index is -0.566. The van der Waals surface area contributed by atoms with Crippen molar-refractivity contribution in [3.8, 4) is 0 Å². The molecule has 4 nitrogen and oxygen atoms in total. The quantitative estimate of drug-likeness (QED) is 0.877. The molecule has 1 amide bonds. The lowest BCUT2D eigenvalue weighted by Crippen LogP contribution is -2.20. The third-order valence-electron chi connectivity index (χ3n) is 3.06. The molecule has 0 aliphatic rings. The van der Waals surface area contributed by atoms with Crippen LogP contribution in [0.2, 0.25) is 0 Å². The maximum Gasteiger partial charge on any atom is 0.248 e. The van der Waals surface area contributed by atoms with Crippen molar-refractivity contribution in [3.63, 3.8) is 0 Å². The molecule has 20 heavy (non-hydrogen) atoms. The van der Waals surface area contributed by atoms with Crippen LogP contribution in [-0.4, -0.2) is 10.9 Å². The largest absolute Gasteiger partial charge is 0.366 e. The molecule has 0 radical (unpaired) electrons. The second-order valence-electron chi connectivity index (χ2n) is 4.53. The summed E-state index contributed by atoms with van der Waals surface area (Å²) in [6.45, 7) is 2.24. The molecule has 0 spiro atoms. The first-order valence-electron chi connectivity index (χ1n) is 6.30. The predicted octanol–water partition coefficient (Wildman–Crippen LogP) is 2.17.